The maximum atomic E-state index is 14.5. The Kier molecular flexibility index (Phi) is 12.7. The number of carbonyl (C=O) groups excluding carboxylic acids is 2. The number of anilines is 2. The van der Waals surface area contributed by atoms with Crippen LogP contribution in [0.5, 0.6) is 17.2 Å². The largest absolute Gasteiger partial charge is 0.489 e. The number of nitroso groups, excluding NO2 is 1. The first kappa shape index (κ1) is 47.0. The Morgan fingerprint density at radius 3 is 2.51 bits per heavy atom. The van der Waals surface area contributed by atoms with Gasteiger partial charge in [-0.1, -0.05) is 79.9 Å². The molecule has 1 saturated carbocycles. The molecule has 362 valence electrons. The van der Waals surface area contributed by atoms with E-state index in [1.54, 1.807) is 24.3 Å². The molecule has 1 aromatic heterocycles. The monoisotopic (exact) mass is 981 g/mol. The van der Waals surface area contributed by atoms with E-state index < -0.39 is 15.4 Å². The van der Waals surface area contributed by atoms with Gasteiger partial charge in [0.05, 0.1) is 21.9 Å². The number of fused-ring (bicyclic) bond motifs is 1. The number of nitrogens with one attached hydrogen (secondary N) is 4. The van der Waals surface area contributed by atoms with Gasteiger partial charge in [0, 0.05) is 81.6 Å². The molecule has 70 heavy (non-hydrogen) atoms. The van der Waals surface area contributed by atoms with Crippen molar-refractivity contribution >= 4 is 60.9 Å². The number of nitrogens with zero attached hydrogens (tertiary/aromatic N) is 2. The van der Waals surface area contributed by atoms with Crippen LogP contribution in [0.2, 0.25) is 0 Å². The molecule has 5 aromatic carbocycles. The van der Waals surface area contributed by atoms with Crippen molar-refractivity contribution in [2.24, 2.45) is 17.3 Å². The third-order valence-corrected chi connectivity index (χ3v) is 17.1. The molecule has 3 heterocycles. The molecule has 2 aliphatic carbocycles. The lowest BCUT2D eigenvalue weighted by Gasteiger charge is -2.56. The molecule has 2 unspecified atom stereocenters. The minimum absolute atomic E-state index is 0.00639. The Morgan fingerprint density at radius 1 is 0.943 bits per heavy atom. The number of hydrogen-bond acceptors (Lipinski definition) is 8. The third-order valence-electron chi connectivity index (χ3n) is 14.6. The minimum atomic E-state index is -5.14. The molecule has 2 saturated heterocycles. The van der Waals surface area contributed by atoms with Gasteiger partial charge in [0.25, 0.3) is 11.6 Å². The van der Waals surface area contributed by atoms with Gasteiger partial charge < -0.3 is 29.6 Å². The summed E-state index contributed by atoms with van der Waals surface area (Å²) in [4.78, 5) is 48.0. The molecular formula is C55H58ClN6O7S+. The van der Waals surface area contributed by atoms with Gasteiger partial charge in [-0.05, 0) is 122 Å². The maximum absolute atomic E-state index is 14.5. The predicted octanol–water partition coefficient (Wildman–Crippen LogP) is 10.5. The van der Waals surface area contributed by atoms with E-state index in [4.69, 9.17) is 21.1 Å². The van der Waals surface area contributed by atoms with Crippen LogP contribution in [0.1, 0.15) is 79.4 Å². The quantitative estimate of drug-likeness (QED) is 0.0629. The molecule has 3 fully saturated rings. The fourth-order valence-corrected chi connectivity index (χ4v) is 12.3. The smallest absolute Gasteiger partial charge is 0.278 e. The van der Waals surface area contributed by atoms with E-state index in [9.17, 15) is 23.3 Å². The summed E-state index contributed by atoms with van der Waals surface area (Å²) in [7, 11) is -5.14. The standard InChI is InChI=1S/C55H57ClN6O7S/c1-36-13-14-41(31-47(36)56)58-49-20-17-45(33-50(49)59-65)70(2,66,67)60-53(63)46-18-15-42(32-51(46)69-44-16-19-48-39(29-44)21-26-57-48)61-27-22-37(23-28-61)34-62-52(55(54(62)64)24-6-7-25-55)40-11-8-12-43(30-40)68-35-38-9-4-3-5-10-38/h3-5,8-12,14-21,26,29-33,36-37,52,57-58H,6-7,13,22-25,27-28,34-35H2,1-2H3,(H2,60,63,66,67)/p+1. The van der Waals surface area contributed by atoms with Gasteiger partial charge in [-0.2, -0.15) is 4.21 Å². The summed E-state index contributed by atoms with van der Waals surface area (Å²) in [6.45, 7) is 4.60. The lowest BCUT2D eigenvalue weighted by atomic mass is 9.66. The highest BCUT2D eigenvalue weighted by Crippen LogP contribution is 2.59. The molecule has 5 N–H and O–H groups in total. The summed E-state index contributed by atoms with van der Waals surface area (Å²) in [6, 6.07) is 35.3. The van der Waals surface area contributed by atoms with Crippen LogP contribution in [-0.2, 0) is 20.9 Å². The second kappa shape index (κ2) is 18.9. The Hall–Kier alpha value is -6.74. The number of allylic oxidation sites excluding steroid dienone is 3. The molecular weight excluding hydrogens is 924 g/mol. The average molecular weight is 983 g/mol. The summed E-state index contributed by atoms with van der Waals surface area (Å²) in [5, 5.41) is 6.61. The van der Waals surface area contributed by atoms with Crippen molar-refractivity contribution in [2.75, 3.05) is 36.1 Å². The number of aromatic nitrogens is 1. The summed E-state index contributed by atoms with van der Waals surface area (Å²) < 4.78 is 41.4. The average Bonchev–Trinajstić information content (AvgIpc) is 4.07. The molecule has 2 atom stereocenters. The highest BCUT2D eigenvalue weighted by atomic mass is 35.5. The zero-order chi connectivity index (χ0) is 48.6. The zero-order valence-corrected chi connectivity index (χ0v) is 40.9. The van der Waals surface area contributed by atoms with Gasteiger partial charge in [-0.15, -0.1) is 9.53 Å². The van der Waals surface area contributed by atoms with Crippen LogP contribution in [0.25, 0.3) is 10.9 Å². The number of piperidine rings is 1. The molecule has 6 aromatic rings. The SMILES string of the molecule is CC1CC=C(Nc2ccc(S(C)(=O)(O)NC(=O)c3ccc(N4CCC(CN5C(=O)C6(CCCC6)C5c5cccc(OCc6ccccc6)c5)CC4)cc3Oc3ccc4[nH]ccc4c3)cc2[NH+]=O)C=C1Cl. The summed E-state index contributed by atoms with van der Waals surface area (Å²) >= 11 is 6.38. The van der Waals surface area contributed by atoms with Gasteiger partial charge in [-0.3, -0.25) is 18.9 Å². The first-order valence-electron chi connectivity index (χ1n) is 24.0. The van der Waals surface area contributed by atoms with Crippen LogP contribution in [0.3, 0.4) is 0 Å². The van der Waals surface area contributed by atoms with Crippen LogP contribution < -0.4 is 29.6 Å². The first-order valence-corrected chi connectivity index (χ1v) is 26.7. The number of benzene rings is 5. The summed E-state index contributed by atoms with van der Waals surface area (Å²) in [5.41, 5.74) is 4.73. The van der Waals surface area contributed by atoms with Crippen molar-refractivity contribution < 1.29 is 33.0 Å². The Balaban J connectivity index is 0.855. The molecule has 4 aliphatic rings. The molecule has 0 bridgehead atoms. The van der Waals surface area contributed by atoms with Crippen molar-refractivity contribution in [3.8, 4) is 17.2 Å². The third kappa shape index (κ3) is 9.47. The Morgan fingerprint density at radius 2 is 1.74 bits per heavy atom. The van der Waals surface area contributed by atoms with Gasteiger partial charge in [-0.25, -0.2) is 0 Å². The summed E-state index contributed by atoms with van der Waals surface area (Å²) in [5.74, 6) is 1.37. The molecule has 2 amide bonds. The van der Waals surface area contributed by atoms with E-state index in [0.717, 1.165) is 78.2 Å². The van der Waals surface area contributed by atoms with E-state index in [1.165, 1.54) is 18.2 Å². The molecule has 10 rings (SSSR count). The zero-order valence-electron chi connectivity index (χ0n) is 39.3. The highest BCUT2D eigenvalue weighted by Gasteiger charge is 2.61. The maximum Gasteiger partial charge on any atom is 0.278 e. The number of likely N-dealkylation sites (tertiary alicyclic amines) is 1. The fourth-order valence-electron chi connectivity index (χ4n) is 10.7. The minimum Gasteiger partial charge on any atom is -0.489 e. The lowest BCUT2D eigenvalue weighted by Crippen LogP contribution is -2.63. The van der Waals surface area contributed by atoms with Gasteiger partial charge >= 0.3 is 0 Å². The van der Waals surface area contributed by atoms with E-state index in [-0.39, 0.29) is 51.1 Å². The topological polar surface area (TPSA) is 167 Å². The molecule has 0 radical (unpaired) electrons. The number of β-lactam (4-membered cyclic amide) rings is 1. The van der Waals surface area contributed by atoms with E-state index in [1.807, 2.05) is 79.0 Å². The van der Waals surface area contributed by atoms with Crippen molar-refractivity contribution in [3.63, 3.8) is 0 Å². The van der Waals surface area contributed by atoms with Crippen molar-refractivity contribution in [2.45, 2.75) is 69.4 Å². The van der Waals surface area contributed by atoms with Gasteiger partial charge in [0.15, 0.2) is 0 Å². The number of hydrogen-bond donors (Lipinski definition) is 5. The van der Waals surface area contributed by atoms with Gasteiger partial charge in [0.1, 0.15) is 29.5 Å². The number of rotatable bonds is 15. The van der Waals surface area contributed by atoms with Crippen molar-refractivity contribution in [3.05, 3.63) is 166 Å². The molecule has 15 heteroatoms. The molecule has 2 aliphatic heterocycles. The second-order valence-corrected chi connectivity index (χ2v) is 23.2. The van der Waals surface area contributed by atoms with E-state index in [2.05, 4.69) is 49.1 Å². The number of carbonyl (C=O) groups is 2. The van der Waals surface area contributed by atoms with Crippen molar-refractivity contribution in [1.82, 2.24) is 14.6 Å². The summed E-state index contributed by atoms with van der Waals surface area (Å²) in [6.07, 6.45) is 13.0. The van der Waals surface area contributed by atoms with Crippen LogP contribution in [0.15, 0.2) is 149 Å². The van der Waals surface area contributed by atoms with Crippen LogP contribution in [-0.4, -0.2) is 56.3 Å². The van der Waals surface area contributed by atoms with Crippen molar-refractivity contribution in [1.29, 1.82) is 0 Å². The van der Waals surface area contributed by atoms with Crippen LogP contribution >= 0.6 is 11.6 Å². The van der Waals surface area contributed by atoms with Crippen LogP contribution in [0, 0.1) is 22.2 Å². The predicted molar refractivity (Wildman–Crippen MR) is 275 cm³/mol. The molecule has 1 spiro atoms. The number of aromatic amines is 1. The first-order chi connectivity index (χ1) is 33.7. The molecule has 13 nitrogen and oxygen atoms in total. The van der Waals surface area contributed by atoms with E-state index >= 15 is 0 Å². The second-order valence-electron chi connectivity index (χ2n) is 19.5. The van der Waals surface area contributed by atoms with Gasteiger partial charge in [0.2, 0.25) is 5.91 Å². The highest BCUT2D eigenvalue weighted by molar-refractivity contribution is 8.13. The Bertz CT molecular complexity index is 3110. The lowest BCUT2D eigenvalue weighted by molar-refractivity contribution is -0.378. The Labute approximate surface area is 412 Å². The normalized spacial score (nSPS) is 19.7. The number of halogens is 1. The number of amides is 2. The number of ether oxygens (including phenoxy) is 2. The fraction of sp³-hybridized carbons (Fsp3) is 0.309. The van der Waals surface area contributed by atoms with E-state index in [0.29, 0.717) is 54.8 Å². The van der Waals surface area contributed by atoms with Crippen LogP contribution in [0.4, 0.5) is 17.1 Å². The number of H-pyrrole nitrogens is 1.